The maximum Gasteiger partial charge on any atom is 0.316 e. The van der Waals surface area contributed by atoms with Crippen LogP contribution in [0, 0.1) is 24.0 Å². The summed E-state index contributed by atoms with van der Waals surface area (Å²) in [6.07, 6.45) is 0. The van der Waals surface area contributed by atoms with Crippen LogP contribution >= 0.6 is 23.2 Å². The molecule has 32 heavy (non-hydrogen) atoms. The number of aryl methyl sites for hydroxylation is 1. The number of nitro groups is 1. The normalized spacial score (nSPS) is 10.8. The van der Waals surface area contributed by atoms with Crippen molar-refractivity contribution in [3.63, 3.8) is 0 Å². The van der Waals surface area contributed by atoms with Crippen LogP contribution in [0.15, 0.2) is 22.7 Å². The summed E-state index contributed by atoms with van der Waals surface area (Å²) in [5, 5.41) is 24.5. The summed E-state index contributed by atoms with van der Waals surface area (Å²) in [7, 11) is 0. The highest BCUT2D eigenvalue weighted by molar-refractivity contribution is 6.32. The number of hydrogen-bond donors (Lipinski definition) is 2. The average molecular weight is 482 g/mol. The summed E-state index contributed by atoms with van der Waals surface area (Å²) in [4.78, 5) is 38.5. The number of amides is 2. The number of benzene rings is 1. The van der Waals surface area contributed by atoms with Crippen molar-refractivity contribution < 1.29 is 19.0 Å². The van der Waals surface area contributed by atoms with Crippen LogP contribution in [0.25, 0.3) is 0 Å². The highest BCUT2D eigenvalue weighted by Crippen LogP contribution is 2.25. The van der Waals surface area contributed by atoms with Crippen molar-refractivity contribution in [3.8, 4) is 0 Å². The minimum Gasteiger partial charge on any atom is -0.350 e. The van der Waals surface area contributed by atoms with E-state index in [0.717, 1.165) is 11.8 Å². The van der Waals surface area contributed by atoms with Crippen LogP contribution in [0.4, 0.5) is 5.69 Å². The molecule has 12 nitrogen and oxygen atoms in total. The maximum atomic E-state index is 12.2. The third-order valence-corrected chi connectivity index (χ3v) is 5.21. The van der Waals surface area contributed by atoms with Gasteiger partial charge in [0.15, 0.2) is 5.82 Å². The van der Waals surface area contributed by atoms with Crippen LogP contribution in [-0.2, 0) is 6.54 Å². The topological polar surface area (TPSA) is 158 Å². The van der Waals surface area contributed by atoms with Gasteiger partial charge in [0.05, 0.1) is 21.3 Å². The third-order valence-electron chi connectivity index (χ3n) is 4.35. The van der Waals surface area contributed by atoms with E-state index < -0.39 is 16.7 Å². The van der Waals surface area contributed by atoms with Crippen molar-refractivity contribution in [3.05, 3.63) is 67.0 Å². The van der Waals surface area contributed by atoms with Crippen molar-refractivity contribution in [1.82, 2.24) is 30.6 Å². The van der Waals surface area contributed by atoms with E-state index in [4.69, 9.17) is 27.7 Å². The molecule has 0 spiro atoms. The van der Waals surface area contributed by atoms with Gasteiger partial charge < -0.3 is 15.2 Å². The molecule has 0 fully saturated rings. The predicted octanol–water partition coefficient (Wildman–Crippen LogP) is 2.31. The summed E-state index contributed by atoms with van der Waals surface area (Å²) in [6, 6.07) is 3.70. The summed E-state index contributed by atoms with van der Waals surface area (Å²) >= 11 is 11.8. The van der Waals surface area contributed by atoms with Gasteiger partial charge >= 0.3 is 11.8 Å². The molecular weight excluding hydrogens is 465 g/mol. The van der Waals surface area contributed by atoms with Gasteiger partial charge in [-0.1, -0.05) is 28.4 Å². The molecule has 2 amide bonds. The highest BCUT2D eigenvalue weighted by atomic mass is 35.5. The molecule has 3 aromatic rings. The molecule has 0 atom stereocenters. The molecule has 0 aliphatic carbocycles. The van der Waals surface area contributed by atoms with Crippen LogP contribution in [0.5, 0.6) is 0 Å². The van der Waals surface area contributed by atoms with Crippen LogP contribution < -0.4 is 10.6 Å². The number of carbonyl (C=O) groups is 2. The number of rotatable bonds is 8. The fraction of sp³-hybridized carbons (Fsp3) is 0.278. The minimum atomic E-state index is -0.679. The van der Waals surface area contributed by atoms with E-state index >= 15 is 0 Å². The number of carbonyl (C=O) groups excluding carboxylic acids is 2. The van der Waals surface area contributed by atoms with Gasteiger partial charge in [-0.05, 0) is 26.0 Å². The Bertz CT molecular complexity index is 1190. The molecule has 2 aromatic heterocycles. The van der Waals surface area contributed by atoms with Gasteiger partial charge in [0.25, 0.3) is 11.6 Å². The van der Waals surface area contributed by atoms with Crippen molar-refractivity contribution in [1.29, 1.82) is 0 Å². The molecule has 0 aliphatic heterocycles. The average Bonchev–Trinajstić information content (AvgIpc) is 3.32. The Morgan fingerprint density at radius 3 is 2.50 bits per heavy atom. The molecule has 168 valence electrons. The first kappa shape index (κ1) is 23.2. The second-order valence-corrected chi connectivity index (χ2v) is 7.38. The molecule has 0 unspecified atom stereocenters. The summed E-state index contributed by atoms with van der Waals surface area (Å²) in [5.41, 5.74) is 1.10. The molecule has 14 heteroatoms. The highest BCUT2D eigenvalue weighted by Gasteiger charge is 2.18. The first-order chi connectivity index (χ1) is 15.2. The van der Waals surface area contributed by atoms with Crippen molar-refractivity contribution in [2.75, 3.05) is 13.1 Å². The van der Waals surface area contributed by atoms with E-state index in [-0.39, 0.29) is 47.6 Å². The van der Waals surface area contributed by atoms with Gasteiger partial charge in [-0.3, -0.25) is 24.4 Å². The zero-order valence-electron chi connectivity index (χ0n) is 16.9. The third kappa shape index (κ3) is 5.21. The van der Waals surface area contributed by atoms with Gasteiger partial charge in [0.1, 0.15) is 11.6 Å². The molecule has 0 radical (unpaired) electrons. The summed E-state index contributed by atoms with van der Waals surface area (Å²) in [5.74, 6) is -1.17. The smallest absolute Gasteiger partial charge is 0.316 e. The Morgan fingerprint density at radius 2 is 1.88 bits per heavy atom. The number of nitrogens with zero attached hydrogens (tertiary/aromatic N) is 5. The van der Waals surface area contributed by atoms with Gasteiger partial charge in [0.2, 0.25) is 0 Å². The zero-order valence-corrected chi connectivity index (χ0v) is 18.4. The van der Waals surface area contributed by atoms with E-state index in [0.29, 0.717) is 10.7 Å². The van der Waals surface area contributed by atoms with Crippen LogP contribution in [0.1, 0.15) is 38.3 Å². The van der Waals surface area contributed by atoms with Crippen molar-refractivity contribution in [2.24, 2.45) is 0 Å². The zero-order chi connectivity index (χ0) is 23.4. The van der Waals surface area contributed by atoms with Gasteiger partial charge in [-0.25, -0.2) is 0 Å². The van der Waals surface area contributed by atoms with E-state index in [9.17, 15) is 19.7 Å². The van der Waals surface area contributed by atoms with Gasteiger partial charge in [-0.2, -0.15) is 10.1 Å². The van der Waals surface area contributed by atoms with Crippen molar-refractivity contribution in [2.45, 2.75) is 20.4 Å². The summed E-state index contributed by atoms with van der Waals surface area (Å²) < 4.78 is 6.56. The quantitative estimate of drug-likeness (QED) is 0.281. The minimum absolute atomic E-state index is 0.0606. The Labute approximate surface area is 191 Å². The number of nitrogens with one attached hydrogen (secondary N) is 2. The van der Waals surface area contributed by atoms with Crippen LogP contribution in [0.3, 0.4) is 0 Å². The lowest BCUT2D eigenvalue weighted by Crippen LogP contribution is -2.34. The SMILES string of the molecule is Cc1nn(Cc2noc(C(=O)NCCNC(=O)c3ccc(Cl)c([N+](=O)[O-])c3)n2)c(C)c1Cl. The molecule has 0 aliphatic rings. The molecule has 2 N–H and O–H groups in total. The molecule has 0 saturated heterocycles. The number of hydrogen-bond acceptors (Lipinski definition) is 8. The molecule has 0 saturated carbocycles. The first-order valence-corrected chi connectivity index (χ1v) is 9.95. The molecule has 1 aromatic carbocycles. The van der Waals surface area contributed by atoms with E-state index in [1.54, 1.807) is 18.5 Å². The van der Waals surface area contributed by atoms with E-state index in [2.05, 4.69) is 25.9 Å². The summed E-state index contributed by atoms with van der Waals surface area (Å²) in [6.45, 7) is 3.87. The fourth-order valence-corrected chi connectivity index (χ4v) is 3.02. The Balaban J connectivity index is 1.49. The molecule has 0 bridgehead atoms. The van der Waals surface area contributed by atoms with Crippen LogP contribution in [0.2, 0.25) is 10.0 Å². The number of halogens is 2. The predicted molar refractivity (Wildman–Crippen MR) is 113 cm³/mol. The number of aromatic nitrogens is 4. The first-order valence-electron chi connectivity index (χ1n) is 9.19. The number of nitro benzene ring substituents is 1. The lowest BCUT2D eigenvalue weighted by atomic mass is 10.2. The molecular formula is C18H17Cl2N7O5. The van der Waals surface area contributed by atoms with Crippen LogP contribution in [-0.4, -0.2) is 49.7 Å². The Kier molecular flexibility index (Phi) is 7.05. The maximum absolute atomic E-state index is 12.2. The second-order valence-electron chi connectivity index (χ2n) is 6.59. The fourth-order valence-electron chi connectivity index (χ4n) is 2.70. The van der Waals surface area contributed by atoms with Gasteiger partial charge in [0, 0.05) is 24.7 Å². The largest absolute Gasteiger partial charge is 0.350 e. The Hall–Kier alpha value is -3.51. The lowest BCUT2D eigenvalue weighted by Gasteiger charge is -2.06. The lowest BCUT2D eigenvalue weighted by molar-refractivity contribution is -0.384. The Morgan fingerprint density at radius 1 is 1.19 bits per heavy atom. The van der Waals surface area contributed by atoms with E-state index in [1.165, 1.54) is 12.1 Å². The molecule has 3 rings (SSSR count). The second kappa shape index (κ2) is 9.75. The standard InChI is InChI=1S/C18H17Cl2N7O5/c1-9-15(20)10(2)26(24-9)8-14-23-18(32-25-14)17(29)22-6-5-21-16(28)11-3-4-12(19)13(7-11)27(30)31/h3-4,7H,5-6,8H2,1-2H3,(H,21,28)(H,22,29). The molecule has 2 heterocycles. The van der Waals surface area contributed by atoms with E-state index in [1.807, 2.05) is 0 Å². The monoisotopic (exact) mass is 481 g/mol. The van der Waals surface area contributed by atoms with Gasteiger partial charge in [-0.15, -0.1) is 0 Å². The van der Waals surface area contributed by atoms with Crippen molar-refractivity contribution >= 4 is 40.7 Å².